The Balaban J connectivity index is 2.68. The van der Waals surface area contributed by atoms with Crippen molar-refractivity contribution in [2.24, 2.45) is 0 Å². The fraction of sp³-hybridized carbons (Fsp3) is 0.750. The highest BCUT2D eigenvalue weighted by Crippen LogP contribution is 2.16. The summed E-state index contributed by atoms with van der Waals surface area (Å²) in [6.45, 7) is 13.7. The Morgan fingerprint density at radius 1 is 1.50 bits per heavy atom. The van der Waals surface area contributed by atoms with Gasteiger partial charge in [-0.1, -0.05) is 12.2 Å². The Hall–Kier alpha value is -1.03. The fourth-order valence-corrected chi connectivity index (χ4v) is 1.68. The zero-order valence-corrected chi connectivity index (χ0v) is 10.7. The Morgan fingerprint density at radius 3 is 2.62 bits per heavy atom. The predicted octanol–water partition coefficient (Wildman–Crippen LogP) is 1.77. The van der Waals surface area contributed by atoms with E-state index in [-0.39, 0.29) is 12.1 Å². The van der Waals surface area contributed by atoms with Gasteiger partial charge in [0.2, 0.25) is 0 Å². The van der Waals surface area contributed by atoms with Gasteiger partial charge in [-0.3, -0.25) is 4.90 Å². The highest BCUT2D eigenvalue weighted by atomic mass is 16.6. The molecule has 4 heteroatoms. The molecule has 0 saturated carbocycles. The van der Waals surface area contributed by atoms with E-state index in [2.05, 4.69) is 11.9 Å². The molecule has 1 atom stereocenters. The van der Waals surface area contributed by atoms with Crippen molar-refractivity contribution in [1.29, 1.82) is 0 Å². The minimum absolute atomic E-state index is 0.0450. The Kier molecular flexibility index (Phi) is 3.97. The molecule has 0 bridgehead atoms. The van der Waals surface area contributed by atoms with Crippen molar-refractivity contribution in [2.75, 3.05) is 19.6 Å². The van der Waals surface area contributed by atoms with Crippen molar-refractivity contribution in [3.05, 3.63) is 12.2 Å². The first-order chi connectivity index (χ1) is 7.31. The van der Waals surface area contributed by atoms with Crippen LogP contribution >= 0.6 is 0 Å². The second-order valence-electron chi connectivity index (χ2n) is 5.24. The van der Waals surface area contributed by atoms with E-state index >= 15 is 0 Å². The van der Waals surface area contributed by atoms with Crippen molar-refractivity contribution in [1.82, 2.24) is 10.2 Å². The van der Waals surface area contributed by atoms with Gasteiger partial charge in [-0.15, -0.1) is 0 Å². The van der Waals surface area contributed by atoms with Crippen molar-refractivity contribution in [3.8, 4) is 0 Å². The summed E-state index contributed by atoms with van der Waals surface area (Å²) in [5, 5.41) is 3.25. The van der Waals surface area contributed by atoms with Gasteiger partial charge in [0.05, 0.1) is 6.04 Å². The zero-order chi connectivity index (χ0) is 12.3. The van der Waals surface area contributed by atoms with Gasteiger partial charge in [-0.05, 0) is 27.7 Å². The number of nitrogens with zero attached hydrogens (tertiary/aromatic N) is 1. The zero-order valence-electron chi connectivity index (χ0n) is 10.7. The Morgan fingerprint density at radius 2 is 2.12 bits per heavy atom. The average molecular weight is 226 g/mol. The Bertz CT molecular complexity index is 281. The number of rotatable bonds is 1. The largest absolute Gasteiger partial charge is 0.444 e. The summed E-state index contributed by atoms with van der Waals surface area (Å²) in [5.74, 6) is 0. The summed E-state index contributed by atoms with van der Waals surface area (Å²) in [7, 11) is 0. The SMILES string of the molecule is C=C(C)C1CNCCN1C(=O)OC(C)(C)C. The minimum atomic E-state index is -0.443. The van der Waals surface area contributed by atoms with E-state index in [9.17, 15) is 4.79 Å². The molecule has 1 N–H and O–H groups in total. The molecule has 1 aliphatic rings. The Labute approximate surface area is 97.6 Å². The highest BCUT2D eigenvalue weighted by molar-refractivity contribution is 5.69. The second kappa shape index (κ2) is 4.87. The van der Waals surface area contributed by atoms with Crippen LogP contribution in [0.4, 0.5) is 4.79 Å². The third-order valence-corrected chi connectivity index (χ3v) is 2.44. The van der Waals surface area contributed by atoms with Crippen LogP contribution in [0.2, 0.25) is 0 Å². The summed E-state index contributed by atoms with van der Waals surface area (Å²) in [6, 6.07) is 0.0450. The molecule has 16 heavy (non-hydrogen) atoms. The van der Waals surface area contributed by atoms with Gasteiger partial charge < -0.3 is 10.1 Å². The van der Waals surface area contributed by atoms with Gasteiger partial charge in [0, 0.05) is 19.6 Å². The van der Waals surface area contributed by atoms with Crippen LogP contribution in [-0.4, -0.2) is 42.3 Å². The number of nitrogens with one attached hydrogen (secondary N) is 1. The molecular formula is C12H22N2O2. The maximum absolute atomic E-state index is 12.0. The van der Waals surface area contributed by atoms with E-state index in [0.29, 0.717) is 6.54 Å². The molecule has 0 spiro atoms. The predicted molar refractivity (Wildman–Crippen MR) is 64.4 cm³/mol. The van der Waals surface area contributed by atoms with Gasteiger partial charge in [0.25, 0.3) is 0 Å². The molecule has 1 saturated heterocycles. The van der Waals surface area contributed by atoms with Crippen LogP contribution in [0.1, 0.15) is 27.7 Å². The van der Waals surface area contributed by atoms with Crippen molar-refractivity contribution in [3.63, 3.8) is 0 Å². The number of amides is 1. The number of hydrogen-bond acceptors (Lipinski definition) is 3. The third-order valence-electron chi connectivity index (χ3n) is 2.44. The first-order valence-electron chi connectivity index (χ1n) is 5.67. The van der Waals surface area contributed by atoms with E-state index in [4.69, 9.17) is 4.74 Å². The van der Waals surface area contributed by atoms with Crippen LogP contribution in [0.25, 0.3) is 0 Å². The van der Waals surface area contributed by atoms with Crippen molar-refractivity contribution < 1.29 is 9.53 Å². The summed E-state index contributed by atoms with van der Waals surface area (Å²) < 4.78 is 5.38. The maximum Gasteiger partial charge on any atom is 0.410 e. The lowest BCUT2D eigenvalue weighted by molar-refractivity contribution is 0.0157. The lowest BCUT2D eigenvalue weighted by Gasteiger charge is -2.37. The lowest BCUT2D eigenvalue weighted by Crippen LogP contribution is -2.55. The number of hydrogen-bond donors (Lipinski definition) is 1. The summed E-state index contributed by atoms with van der Waals surface area (Å²) >= 11 is 0. The molecule has 0 aromatic rings. The molecule has 92 valence electrons. The smallest absolute Gasteiger partial charge is 0.410 e. The van der Waals surface area contributed by atoms with Gasteiger partial charge in [0.1, 0.15) is 5.60 Å². The highest BCUT2D eigenvalue weighted by Gasteiger charge is 2.30. The number of carbonyl (C=O) groups excluding carboxylic acids is 1. The molecule has 1 heterocycles. The minimum Gasteiger partial charge on any atom is -0.444 e. The molecule has 0 aliphatic carbocycles. The first kappa shape index (κ1) is 13.0. The number of piperazine rings is 1. The van der Waals surface area contributed by atoms with E-state index in [0.717, 1.165) is 18.7 Å². The molecule has 1 aliphatic heterocycles. The second-order valence-corrected chi connectivity index (χ2v) is 5.24. The van der Waals surface area contributed by atoms with Crippen molar-refractivity contribution in [2.45, 2.75) is 39.3 Å². The maximum atomic E-state index is 12.0. The normalized spacial score (nSPS) is 21.8. The molecule has 1 rings (SSSR count). The molecule has 4 nitrogen and oxygen atoms in total. The molecule has 0 radical (unpaired) electrons. The van der Waals surface area contributed by atoms with Gasteiger partial charge >= 0.3 is 6.09 Å². The molecule has 1 amide bonds. The fourth-order valence-electron chi connectivity index (χ4n) is 1.68. The van der Waals surface area contributed by atoms with E-state index in [1.165, 1.54) is 0 Å². The van der Waals surface area contributed by atoms with Gasteiger partial charge in [-0.2, -0.15) is 0 Å². The van der Waals surface area contributed by atoms with Crippen LogP contribution in [0.5, 0.6) is 0 Å². The molecule has 0 aromatic carbocycles. The van der Waals surface area contributed by atoms with E-state index < -0.39 is 5.60 Å². The van der Waals surface area contributed by atoms with Crippen LogP contribution < -0.4 is 5.32 Å². The van der Waals surface area contributed by atoms with Gasteiger partial charge in [-0.25, -0.2) is 4.79 Å². The topological polar surface area (TPSA) is 41.6 Å². The first-order valence-corrected chi connectivity index (χ1v) is 5.67. The van der Waals surface area contributed by atoms with E-state index in [1.54, 1.807) is 4.90 Å². The van der Waals surface area contributed by atoms with Crippen LogP contribution in [0.3, 0.4) is 0 Å². The van der Waals surface area contributed by atoms with Crippen LogP contribution in [0, 0.1) is 0 Å². The summed E-state index contributed by atoms with van der Waals surface area (Å²) in [6.07, 6.45) is -0.248. The number of carbonyl (C=O) groups is 1. The van der Waals surface area contributed by atoms with E-state index in [1.807, 2.05) is 27.7 Å². The summed E-state index contributed by atoms with van der Waals surface area (Å²) in [5.41, 5.74) is 0.541. The quantitative estimate of drug-likeness (QED) is 0.693. The monoisotopic (exact) mass is 226 g/mol. The molecule has 1 unspecified atom stereocenters. The van der Waals surface area contributed by atoms with Crippen molar-refractivity contribution >= 4 is 6.09 Å². The lowest BCUT2D eigenvalue weighted by atomic mass is 10.1. The molecule has 0 aromatic heterocycles. The number of ether oxygens (including phenoxy) is 1. The standard InChI is InChI=1S/C12H22N2O2/c1-9(2)10-8-13-6-7-14(10)11(15)16-12(3,4)5/h10,13H,1,6-8H2,2-5H3. The van der Waals surface area contributed by atoms with Crippen LogP contribution in [-0.2, 0) is 4.74 Å². The molecule has 1 fully saturated rings. The third kappa shape index (κ3) is 3.52. The summed E-state index contributed by atoms with van der Waals surface area (Å²) in [4.78, 5) is 13.7. The van der Waals surface area contributed by atoms with Crippen LogP contribution in [0.15, 0.2) is 12.2 Å². The average Bonchev–Trinajstić information content (AvgIpc) is 2.15. The van der Waals surface area contributed by atoms with Gasteiger partial charge in [0.15, 0.2) is 0 Å². The molecular weight excluding hydrogens is 204 g/mol.